The van der Waals surface area contributed by atoms with Gasteiger partial charge in [-0.3, -0.25) is 4.79 Å². The minimum absolute atomic E-state index is 0.156. The van der Waals surface area contributed by atoms with Crippen LogP contribution in [0.3, 0.4) is 0 Å². The topological polar surface area (TPSA) is 85.3 Å². The van der Waals surface area contributed by atoms with Crippen LogP contribution in [0.25, 0.3) is 6.08 Å². The van der Waals surface area contributed by atoms with Crippen LogP contribution in [-0.4, -0.2) is 13.0 Å². The number of hydrogen-bond donors (Lipinski definition) is 1. The average Bonchev–Trinajstić information content (AvgIpc) is 2.59. The first-order chi connectivity index (χ1) is 11.5. The highest BCUT2D eigenvalue weighted by molar-refractivity contribution is 6.00. The molecule has 2 aromatic rings. The zero-order valence-electron chi connectivity index (χ0n) is 13.0. The Labute approximate surface area is 138 Å². The van der Waals surface area contributed by atoms with Crippen molar-refractivity contribution in [3.05, 3.63) is 65.0 Å². The van der Waals surface area contributed by atoms with E-state index in [1.807, 2.05) is 0 Å². The second-order valence-electron chi connectivity index (χ2n) is 4.86. The lowest BCUT2D eigenvalue weighted by atomic mass is 10.1. The molecule has 122 valence electrons. The number of carbonyl (C=O) groups excluding carboxylic acids is 1. The van der Waals surface area contributed by atoms with E-state index in [9.17, 15) is 9.18 Å². The van der Waals surface area contributed by atoms with E-state index in [0.717, 1.165) is 5.56 Å². The van der Waals surface area contributed by atoms with Gasteiger partial charge in [-0.25, -0.2) is 4.39 Å². The Bertz CT molecular complexity index is 808. The number of rotatable bonds is 6. The molecule has 0 atom stereocenters. The Hall–Kier alpha value is -3.33. The summed E-state index contributed by atoms with van der Waals surface area (Å²) in [5.41, 5.74) is 6.34. The first-order valence-electron chi connectivity index (χ1n) is 7.00. The van der Waals surface area contributed by atoms with Crippen LogP contribution in [0.2, 0.25) is 0 Å². The third kappa shape index (κ3) is 4.34. The number of benzene rings is 2. The highest BCUT2D eigenvalue weighted by atomic mass is 19.1. The molecule has 1 amide bonds. The molecule has 2 aromatic carbocycles. The Kier molecular flexibility index (Phi) is 5.53. The lowest BCUT2D eigenvalue weighted by molar-refractivity contribution is -0.114. The van der Waals surface area contributed by atoms with Gasteiger partial charge in [0.1, 0.15) is 24.1 Å². The van der Waals surface area contributed by atoms with Gasteiger partial charge in [-0.2, -0.15) is 5.26 Å². The van der Waals surface area contributed by atoms with Crippen molar-refractivity contribution >= 4 is 12.0 Å². The zero-order valence-corrected chi connectivity index (χ0v) is 13.0. The molecule has 2 rings (SSSR count). The van der Waals surface area contributed by atoms with Gasteiger partial charge in [0, 0.05) is 0 Å². The van der Waals surface area contributed by atoms with E-state index in [0.29, 0.717) is 17.1 Å². The van der Waals surface area contributed by atoms with Crippen molar-refractivity contribution in [2.75, 3.05) is 7.11 Å². The Morgan fingerprint density at radius 1 is 1.25 bits per heavy atom. The highest BCUT2D eigenvalue weighted by Crippen LogP contribution is 2.29. The Morgan fingerprint density at radius 3 is 2.54 bits per heavy atom. The normalized spacial score (nSPS) is 10.8. The molecule has 24 heavy (non-hydrogen) atoms. The van der Waals surface area contributed by atoms with Crippen molar-refractivity contribution in [3.63, 3.8) is 0 Å². The summed E-state index contributed by atoms with van der Waals surface area (Å²) in [6, 6.07) is 12.7. The number of nitrogens with zero attached hydrogens (tertiary/aromatic N) is 1. The molecule has 0 saturated carbocycles. The molecule has 0 aromatic heterocycles. The first kappa shape index (κ1) is 17.0. The smallest absolute Gasteiger partial charge is 0.259 e. The monoisotopic (exact) mass is 326 g/mol. The minimum Gasteiger partial charge on any atom is -0.493 e. The van der Waals surface area contributed by atoms with Crippen LogP contribution >= 0.6 is 0 Å². The Morgan fingerprint density at radius 2 is 1.96 bits per heavy atom. The number of hydrogen-bond acceptors (Lipinski definition) is 4. The van der Waals surface area contributed by atoms with Gasteiger partial charge in [0.15, 0.2) is 11.5 Å². The van der Waals surface area contributed by atoms with Crippen molar-refractivity contribution in [2.24, 2.45) is 5.73 Å². The molecule has 0 unspecified atom stereocenters. The molecule has 0 fully saturated rings. The number of carbonyl (C=O) groups is 1. The van der Waals surface area contributed by atoms with Gasteiger partial charge in [0.25, 0.3) is 5.91 Å². The van der Waals surface area contributed by atoms with Gasteiger partial charge in [-0.1, -0.05) is 18.2 Å². The zero-order chi connectivity index (χ0) is 17.5. The second-order valence-corrected chi connectivity index (χ2v) is 4.86. The van der Waals surface area contributed by atoms with E-state index in [2.05, 4.69) is 0 Å². The fraction of sp³-hybridized carbons (Fsp3) is 0.111. The summed E-state index contributed by atoms with van der Waals surface area (Å²) in [5.74, 6) is -0.187. The molecule has 0 saturated heterocycles. The van der Waals surface area contributed by atoms with E-state index >= 15 is 0 Å². The standard InChI is InChI=1S/C18H15FN2O3/c1-23-17-9-13(8-14(10-20)18(21)22)4-7-16(17)24-11-12-2-5-15(19)6-3-12/h2-9H,11H2,1H3,(H2,21,22). The van der Waals surface area contributed by atoms with Crippen LogP contribution in [0.15, 0.2) is 48.0 Å². The van der Waals surface area contributed by atoms with Gasteiger partial charge in [0.2, 0.25) is 0 Å². The quantitative estimate of drug-likeness (QED) is 0.653. The van der Waals surface area contributed by atoms with E-state index < -0.39 is 5.91 Å². The predicted molar refractivity (Wildman–Crippen MR) is 86.5 cm³/mol. The largest absolute Gasteiger partial charge is 0.493 e. The van der Waals surface area contributed by atoms with Crippen LogP contribution in [0.4, 0.5) is 4.39 Å². The SMILES string of the molecule is COc1cc(C=C(C#N)C(N)=O)ccc1OCc1ccc(F)cc1. The first-order valence-corrected chi connectivity index (χ1v) is 7.00. The molecule has 2 N–H and O–H groups in total. The van der Waals surface area contributed by atoms with Crippen LogP contribution in [0, 0.1) is 17.1 Å². The van der Waals surface area contributed by atoms with Crippen LogP contribution in [-0.2, 0) is 11.4 Å². The predicted octanol–water partition coefficient (Wildman–Crippen LogP) is 2.81. The number of ether oxygens (including phenoxy) is 2. The molecule has 6 heteroatoms. The minimum atomic E-state index is -0.798. The molecular weight excluding hydrogens is 311 g/mol. The lowest BCUT2D eigenvalue weighted by Crippen LogP contribution is -2.12. The maximum atomic E-state index is 12.9. The van der Waals surface area contributed by atoms with Gasteiger partial charge >= 0.3 is 0 Å². The fourth-order valence-electron chi connectivity index (χ4n) is 1.96. The van der Waals surface area contributed by atoms with Crippen molar-refractivity contribution in [1.82, 2.24) is 0 Å². The summed E-state index contributed by atoms with van der Waals surface area (Å²) in [5, 5.41) is 8.87. The number of nitriles is 1. The van der Waals surface area contributed by atoms with Crippen LogP contribution in [0.5, 0.6) is 11.5 Å². The molecule has 0 heterocycles. The summed E-state index contributed by atoms with van der Waals surface area (Å²) < 4.78 is 23.8. The van der Waals surface area contributed by atoms with E-state index in [-0.39, 0.29) is 18.0 Å². The summed E-state index contributed by atoms with van der Waals surface area (Å²) in [6.07, 6.45) is 1.37. The third-order valence-corrected chi connectivity index (χ3v) is 3.19. The van der Waals surface area contributed by atoms with Gasteiger partial charge < -0.3 is 15.2 Å². The molecule has 5 nitrogen and oxygen atoms in total. The van der Waals surface area contributed by atoms with Crippen LogP contribution in [0.1, 0.15) is 11.1 Å². The molecule has 0 radical (unpaired) electrons. The number of methoxy groups -OCH3 is 1. The maximum absolute atomic E-state index is 12.9. The molecular formula is C18H15FN2O3. The third-order valence-electron chi connectivity index (χ3n) is 3.19. The van der Waals surface area contributed by atoms with Gasteiger partial charge in [0.05, 0.1) is 7.11 Å². The van der Waals surface area contributed by atoms with Crippen molar-refractivity contribution in [1.29, 1.82) is 5.26 Å². The molecule has 0 aliphatic heterocycles. The molecule has 0 bridgehead atoms. The summed E-state index contributed by atoms with van der Waals surface area (Å²) in [4.78, 5) is 11.1. The van der Waals surface area contributed by atoms with E-state index in [1.165, 1.54) is 25.3 Å². The fourth-order valence-corrected chi connectivity index (χ4v) is 1.96. The maximum Gasteiger partial charge on any atom is 0.259 e. The van der Waals surface area contributed by atoms with Gasteiger partial charge in [-0.15, -0.1) is 0 Å². The molecule has 0 aliphatic carbocycles. The number of primary amides is 1. The van der Waals surface area contributed by atoms with Crippen LogP contribution < -0.4 is 15.2 Å². The van der Waals surface area contributed by atoms with E-state index in [1.54, 1.807) is 36.4 Å². The van der Waals surface area contributed by atoms with Crippen molar-refractivity contribution in [3.8, 4) is 17.6 Å². The van der Waals surface area contributed by atoms with E-state index in [4.69, 9.17) is 20.5 Å². The Balaban J connectivity index is 2.18. The second kappa shape index (κ2) is 7.79. The summed E-state index contributed by atoms with van der Waals surface area (Å²) in [7, 11) is 1.48. The average molecular weight is 326 g/mol. The molecule has 0 aliphatic rings. The molecule has 0 spiro atoms. The number of nitrogens with two attached hydrogens (primary N) is 1. The summed E-state index contributed by atoms with van der Waals surface area (Å²) >= 11 is 0. The van der Waals surface area contributed by atoms with Crippen molar-refractivity contribution < 1.29 is 18.7 Å². The number of amides is 1. The van der Waals surface area contributed by atoms with Gasteiger partial charge in [-0.05, 0) is 41.5 Å². The number of halogens is 1. The van der Waals surface area contributed by atoms with Crippen molar-refractivity contribution in [2.45, 2.75) is 6.61 Å². The summed E-state index contributed by atoms with van der Waals surface area (Å²) in [6.45, 7) is 0.247. The highest BCUT2D eigenvalue weighted by Gasteiger charge is 2.08. The lowest BCUT2D eigenvalue weighted by Gasteiger charge is -2.11.